The summed E-state index contributed by atoms with van der Waals surface area (Å²) in [5.41, 5.74) is 0. The van der Waals surface area contributed by atoms with Crippen LogP contribution in [0.4, 0.5) is 4.79 Å². The van der Waals surface area contributed by atoms with Crippen molar-refractivity contribution in [3.63, 3.8) is 0 Å². The van der Waals surface area contributed by atoms with Gasteiger partial charge in [0.25, 0.3) is 0 Å². The molecule has 0 aromatic heterocycles. The Morgan fingerprint density at radius 3 is 2.29 bits per heavy atom. The first-order chi connectivity index (χ1) is 6.49. The standard InChI is InChI=1S/C10H19NO3/c1-5-6-14-10(13)11-9(7(2)3)8(4)12/h7,9H,5-6H2,1-4H3,(H,11,13). The molecule has 0 fully saturated rings. The van der Waals surface area contributed by atoms with Gasteiger partial charge in [-0.15, -0.1) is 0 Å². The fraction of sp³-hybridized carbons (Fsp3) is 0.800. The monoisotopic (exact) mass is 201 g/mol. The topological polar surface area (TPSA) is 55.4 Å². The molecule has 0 aromatic rings. The summed E-state index contributed by atoms with van der Waals surface area (Å²) in [7, 11) is 0. The maximum atomic E-state index is 11.1. The second-order valence-corrected chi connectivity index (χ2v) is 3.61. The number of hydrogen-bond donors (Lipinski definition) is 1. The van der Waals surface area contributed by atoms with E-state index in [9.17, 15) is 9.59 Å². The number of carbonyl (C=O) groups excluding carboxylic acids is 2. The van der Waals surface area contributed by atoms with Gasteiger partial charge in [0.2, 0.25) is 0 Å². The molecule has 1 atom stereocenters. The molecule has 82 valence electrons. The Kier molecular flexibility index (Phi) is 5.92. The van der Waals surface area contributed by atoms with E-state index in [4.69, 9.17) is 4.74 Å². The Balaban J connectivity index is 4.04. The second-order valence-electron chi connectivity index (χ2n) is 3.61. The summed E-state index contributed by atoms with van der Waals surface area (Å²) in [5, 5.41) is 2.54. The third kappa shape index (κ3) is 4.84. The molecule has 0 aliphatic rings. The molecule has 0 radical (unpaired) electrons. The molecule has 1 amide bonds. The van der Waals surface area contributed by atoms with Crippen LogP contribution in [0, 0.1) is 5.92 Å². The zero-order chi connectivity index (χ0) is 11.1. The van der Waals surface area contributed by atoms with Crippen molar-refractivity contribution in [2.24, 2.45) is 5.92 Å². The van der Waals surface area contributed by atoms with Gasteiger partial charge in [-0.05, 0) is 19.3 Å². The van der Waals surface area contributed by atoms with Crippen molar-refractivity contribution in [3.8, 4) is 0 Å². The summed E-state index contributed by atoms with van der Waals surface area (Å²) in [6.07, 6.45) is 0.264. The maximum absolute atomic E-state index is 11.1. The number of carbonyl (C=O) groups is 2. The average molecular weight is 201 g/mol. The molecule has 1 unspecified atom stereocenters. The molecule has 14 heavy (non-hydrogen) atoms. The number of ketones is 1. The Hall–Kier alpha value is -1.06. The number of ether oxygens (including phenoxy) is 1. The van der Waals surface area contributed by atoms with Gasteiger partial charge in [0.1, 0.15) is 0 Å². The lowest BCUT2D eigenvalue weighted by molar-refractivity contribution is -0.119. The van der Waals surface area contributed by atoms with Crippen LogP contribution >= 0.6 is 0 Å². The van der Waals surface area contributed by atoms with Gasteiger partial charge in [-0.3, -0.25) is 4.79 Å². The molecule has 1 N–H and O–H groups in total. The number of Topliss-reactive ketones (excluding diaryl/α,β-unsaturated/α-hetero) is 1. The van der Waals surface area contributed by atoms with Gasteiger partial charge in [-0.25, -0.2) is 4.79 Å². The van der Waals surface area contributed by atoms with E-state index < -0.39 is 12.1 Å². The van der Waals surface area contributed by atoms with Gasteiger partial charge in [0, 0.05) is 0 Å². The number of nitrogens with one attached hydrogen (secondary N) is 1. The fourth-order valence-corrected chi connectivity index (χ4v) is 1.10. The van der Waals surface area contributed by atoms with E-state index in [-0.39, 0.29) is 11.7 Å². The van der Waals surface area contributed by atoms with Gasteiger partial charge in [-0.2, -0.15) is 0 Å². The summed E-state index contributed by atoms with van der Waals surface area (Å²) < 4.78 is 4.82. The summed E-state index contributed by atoms with van der Waals surface area (Å²) in [6, 6.07) is -0.445. The average Bonchev–Trinajstić information content (AvgIpc) is 2.09. The molecule has 0 heterocycles. The minimum absolute atomic E-state index is 0.0477. The summed E-state index contributed by atoms with van der Waals surface area (Å²) in [6.45, 7) is 7.52. The molecule has 4 heteroatoms. The van der Waals surface area contributed by atoms with Crippen LogP contribution in [0.15, 0.2) is 0 Å². The van der Waals surface area contributed by atoms with Crippen molar-refractivity contribution in [3.05, 3.63) is 0 Å². The van der Waals surface area contributed by atoms with E-state index in [1.165, 1.54) is 6.92 Å². The Labute approximate surface area is 85.0 Å². The van der Waals surface area contributed by atoms with Crippen molar-refractivity contribution < 1.29 is 14.3 Å². The third-order valence-corrected chi connectivity index (χ3v) is 1.82. The third-order valence-electron chi connectivity index (χ3n) is 1.82. The van der Waals surface area contributed by atoms with Gasteiger partial charge in [0.05, 0.1) is 12.6 Å². The van der Waals surface area contributed by atoms with E-state index >= 15 is 0 Å². The molecule has 0 rings (SSSR count). The molecule has 0 bridgehead atoms. The highest BCUT2D eigenvalue weighted by Crippen LogP contribution is 2.02. The summed E-state index contributed by atoms with van der Waals surface area (Å²) in [5.74, 6) is 0.0372. The Morgan fingerprint density at radius 1 is 1.36 bits per heavy atom. The van der Waals surface area contributed by atoms with Crippen LogP contribution in [0.25, 0.3) is 0 Å². The van der Waals surface area contributed by atoms with Gasteiger partial charge in [0.15, 0.2) is 5.78 Å². The minimum atomic E-state index is -0.513. The highest BCUT2D eigenvalue weighted by atomic mass is 16.5. The van der Waals surface area contributed by atoms with E-state index in [1.54, 1.807) is 0 Å². The number of hydrogen-bond acceptors (Lipinski definition) is 3. The van der Waals surface area contributed by atoms with Crippen LogP contribution in [-0.2, 0) is 9.53 Å². The summed E-state index contributed by atoms with van der Waals surface area (Å²) >= 11 is 0. The fourth-order valence-electron chi connectivity index (χ4n) is 1.10. The molecule has 0 saturated carbocycles. The van der Waals surface area contributed by atoms with E-state index in [0.717, 1.165) is 6.42 Å². The lowest BCUT2D eigenvalue weighted by atomic mass is 10.0. The van der Waals surface area contributed by atoms with Crippen molar-refractivity contribution >= 4 is 11.9 Å². The quantitative estimate of drug-likeness (QED) is 0.737. The molecule has 4 nitrogen and oxygen atoms in total. The number of amides is 1. The zero-order valence-electron chi connectivity index (χ0n) is 9.29. The SMILES string of the molecule is CCCOC(=O)NC(C(C)=O)C(C)C. The maximum Gasteiger partial charge on any atom is 0.407 e. The Bertz CT molecular complexity index is 202. The van der Waals surface area contributed by atoms with Crippen molar-refractivity contribution in [1.82, 2.24) is 5.32 Å². The van der Waals surface area contributed by atoms with Crippen LogP contribution in [-0.4, -0.2) is 24.5 Å². The second kappa shape index (κ2) is 6.40. The molecular weight excluding hydrogens is 182 g/mol. The summed E-state index contributed by atoms with van der Waals surface area (Å²) in [4.78, 5) is 22.3. The van der Waals surface area contributed by atoms with Crippen LogP contribution in [0.3, 0.4) is 0 Å². The first kappa shape index (κ1) is 12.9. The zero-order valence-corrected chi connectivity index (χ0v) is 9.29. The normalized spacial score (nSPS) is 12.4. The van der Waals surface area contributed by atoms with Crippen LogP contribution in [0.1, 0.15) is 34.1 Å². The predicted octanol–water partition coefficient (Wildman–Crippen LogP) is 1.74. The predicted molar refractivity (Wildman–Crippen MR) is 54.1 cm³/mol. The highest BCUT2D eigenvalue weighted by molar-refractivity contribution is 5.85. The van der Waals surface area contributed by atoms with Gasteiger partial charge >= 0.3 is 6.09 Å². The largest absolute Gasteiger partial charge is 0.450 e. The van der Waals surface area contributed by atoms with Crippen LogP contribution in [0.2, 0.25) is 0 Å². The van der Waals surface area contributed by atoms with Crippen molar-refractivity contribution in [1.29, 1.82) is 0 Å². The van der Waals surface area contributed by atoms with Gasteiger partial charge < -0.3 is 10.1 Å². The van der Waals surface area contributed by atoms with E-state index in [2.05, 4.69) is 5.32 Å². The van der Waals surface area contributed by atoms with Crippen LogP contribution in [0.5, 0.6) is 0 Å². The molecular formula is C10H19NO3. The molecule has 0 aliphatic heterocycles. The first-order valence-corrected chi connectivity index (χ1v) is 4.92. The number of alkyl carbamates (subject to hydrolysis) is 1. The van der Waals surface area contributed by atoms with Crippen LogP contribution < -0.4 is 5.32 Å². The molecule has 0 aliphatic carbocycles. The first-order valence-electron chi connectivity index (χ1n) is 4.92. The smallest absolute Gasteiger partial charge is 0.407 e. The van der Waals surface area contributed by atoms with E-state index in [1.807, 2.05) is 20.8 Å². The number of rotatable bonds is 5. The lowest BCUT2D eigenvalue weighted by Crippen LogP contribution is -2.43. The van der Waals surface area contributed by atoms with Crippen molar-refractivity contribution in [2.45, 2.75) is 40.2 Å². The van der Waals surface area contributed by atoms with Crippen molar-refractivity contribution in [2.75, 3.05) is 6.61 Å². The highest BCUT2D eigenvalue weighted by Gasteiger charge is 2.20. The lowest BCUT2D eigenvalue weighted by Gasteiger charge is -2.18. The minimum Gasteiger partial charge on any atom is -0.450 e. The van der Waals surface area contributed by atoms with E-state index in [0.29, 0.717) is 6.61 Å². The Morgan fingerprint density at radius 2 is 1.93 bits per heavy atom. The molecule has 0 spiro atoms. The molecule has 0 saturated heterocycles. The molecule has 0 aromatic carbocycles. The van der Waals surface area contributed by atoms with Gasteiger partial charge in [-0.1, -0.05) is 20.8 Å².